The number of carbonyl (C=O) groups is 4. The van der Waals surface area contributed by atoms with Gasteiger partial charge in [-0.2, -0.15) is 0 Å². The number of esters is 1. The number of nitro groups is 1. The number of rotatable bonds is 8. The van der Waals surface area contributed by atoms with E-state index in [0.717, 1.165) is 27.4 Å². The molecule has 11 nitrogen and oxygen atoms in total. The monoisotopic (exact) mass is 540 g/mol. The molecular weight excluding hydrogens is 516 g/mol. The summed E-state index contributed by atoms with van der Waals surface area (Å²) in [6.07, 6.45) is 1.94. The first-order valence-electron chi connectivity index (χ1n) is 12.4. The minimum absolute atomic E-state index is 0.0363. The fourth-order valence-corrected chi connectivity index (χ4v) is 4.89. The van der Waals surface area contributed by atoms with Crippen LogP contribution in [-0.4, -0.2) is 58.2 Å². The molecule has 0 spiro atoms. The summed E-state index contributed by atoms with van der Waals surface area (Å²) in [5.74, 6) is -2.27. The standard InChI is InChI=1S/C29H24N4O7/c1-40-29(37)18-9-11-21(12-10-18)32-26(34)16-25(28(32)36)31(27(35)19-5-4-6-22(15-19)33(38)39)14-13-20-17-30-24-8-3-2-7-23(20)24/h2-12,15,17,25,30H,13-14,16H2,1H3. The number of aromatic nitrogens is 1. The van der Waals surface area contributed by atoms with E-state index in [1.165, 1.54) is 54.5 Å². The Hall–Kier alpha value is -5.32. The van der Waals surface area contributed by atoms with Crippen molar-refractivity contribution in [1.29, 1.82) is 0 Å². The van der Waals surface area contributed by atoms with Crippen LogP contribution in [0.5, 0.6) is 0 Å². The molecule has 1 N–H and O–H groups in total. The third kappa shape index (κ3) is 4.92. The Morgan fingerprint density at radius 1 is 1.05 bits per heavy atom. The van der Waals surface area contributed by atoms with Gasteiger partial charge in [0.25, 0.3) is 17.5 Å². The fraction of sp³-hybridized carbons (Fsp3) is 0.172. The largest absolute Gasteiger partial charge is 0.465 e. The van der Waals surface area contributed by atoms with E-state index in [1.54, 1.807) is 0 Å². The number of benzene rings is 3. The van der Waals surface area contributed by atoms with Crippen molar-refractivity contribution in [2.75, 3.05) is 18.6 Å². The van der Waals surface area contributed by atoms with Crippen molar-refractivity contribution >= 4 is 46.0 Å². The van der Waals surface area contributed by atoms with Gasteiger partial charge in [0.05, 0.1) is 29.7 Å². The van der Waals surface area contributed by atoms with Crippen LogP contribution in [0, 0.1) is 10.1 Å². The van der Waals surface area contributed by atoms with Crippen molar-refractivity contribution in [2.24, 2.45) is 0 Å². The highest BCUT2D eigenvalue weighted by Gasteiger charge is 2.44. The molecule has 3 aromatic carbocycles. The van der Waals surface area contributed by atoms with Crippen LogP contribution in [0.1, 0.15) is 32.7 Å². The Bertz CT molecular complexity index is 1640. The number of imide groups is 1. The first-order valence-corrected chi connectivity index (χ1v) is 12.4. The zero-order valence-corrected chi connectivity index (χ0v) is 21.4. The number of aromatic amines is 1. The average Bonchev–Trinajstić information content (AvgIpc) is 3.52. The van der Waals surface area contributed by atoms with E-state index >= 15 is 0 Å². The molecule has 1 unspecified atom stereocenters. The maximum atomic E-state index is 13.7. The van der Waals surface area contributed by atoms with Crippen LogP contribution < -0.4 is 4.90 Å². The summed E-state index contributed by atoms with van der Waals surface area (Å²) in [6, 6.07) is 17.6. The second-order valence-electron chi connectivity index (χ2n) is 9.24. The van der Waals surface area contributed by atoms with Gasteiger partial charge < -0.3 is 14.6 Å². The first kappa shape index (κ1) is 26.3. The minimum atomic E-state index is -1.12. The summed E-state index contributed by atoms with van der Waals surface area (Å²) in [7, 11) is 1.25. The quantitative estimate of drug-likeness (QED) is 0.155. The van der Waals surface area contributed by atoms with Gasteiger partial charge >= 0.3 is 5.97 Å². The third-order valence-corrected chi connectivity index (χ3v) is 6.91. The molecule has 40 heavy (non-hydrogen) atoms. The van der Waals surface area contributed by atoms with Crippen molar-refractivity contribution in [1.82, 2.24) is 9.88 Å². The predicted molar refractivity (Wildman–Crippen MR) is 145 cm³/mol. The number of non-ortho nitro benzene ring substituents is 1. The van der Waals surface area contributed by atoms with Gasteiger partial charge in [0, 0.05) is 41.3 Å². The molecule has 1 aliphatic rings. The number of H-pyrrole nitrogens is 1. The van der Waals surface area contributed by atoms with Crippen LogP contribution in [0.3, 0.4) is 0 Å². The Labute approximate surface area is 228 Å². The topological polar surface area (TPSA) is 143 Å². The van der Waals surface area contributed by atoms with Gasteiger partial charge in [-0.15, -0.1) is 0 Å². The Morgan fingerprint density at radius 2 is 1.80 bits per heavy atom. The lowest BCUT2D eigenvalue weighted by atomic mass is 10.1. The first-order chi connectivity index (χ1) is 19.3. The maximum absolute atomic E-state index is 13.7. The Balaban J connectivity index is 1.46. The summed E-state index contributed by atoms with van der Waals surface area (Å²) < 4.78 is 4.69. The molecule has 1 aromatic heterocycles. The molecule has 0 radical (unpaired) electrons. The number of carbonyl (C=O) groups excluding carboxylic acids is 4. The van der Waals surface area contributed by atoms with Gasteiger partial charge in [0.15, 0.2) is 0 Å². The minimum Gasteiger partial charge on any atom is -0.465 e. The number of fused-ring (bicyclic) bond motifs is 1. The lowest BCUT2D eigenvalue weighted by Gasteiger charge is -2.28. The molecule has 5 rings (SSSR count). The van der Waals surface area contributed by atoms with Gasteiger partial charge in [-0.3, -0.25) is 24.5 Å². The Morgan fingerprint density at radius 3 is 2.52 bits per heavy atom. The van der Waals surface area contributed by atoms with E-state index in [4.69, 9.17) is 4.74 Å². The zero-order chi connectivity index (χ0) is 28.4. The molecule has 3 amide bonds. The summed E-state index contributed by atoms with van der Waals surface area (Å²) in [5, 5.41) is 12.3. The van der Waals surface area contributed by atoms with Crippen LogP contribution in [0.4, 0.5) is 11.4 Å². The van der Waals surface area contributed by atoms with Crippen molar-refractivity contribution < 1.29 is 28.8 Å². The molecule has 1 fully saturated rings. The van der Waals surface area contributed by atoms with Gasteiger partial charge in [-0.1, -0.05) is 24.3 Å². The fourth-order valence-electron chi connectivity index (χ4n) is 4.89. The van der Waals surface area contributed by atoms with Gasteiger partial charge in [0.1, 0.15) is 6.04 Å². The van der Waals surface area contributed by atoms with Gasteiger partial charge in [-0.05, 0) is 48.4 Å². The molecule has 202 valence electrons. The normalized spacial score (nSPS) is 14.9. The number of amides is 3. The summed E-state index contributed by atoms with van der Waals surface area (Å²) >= 11 is 0. The van der Waals surface area contributed by atoms with Crippen LogP contribution >= 0.6 is 0 Å². The second kappa shape index (κ2) is 10.8. The highest BCUT2D eigenvalue weighted by atomic mass is 16.6. The molecule has 2 heterocycles. The van der Waals surface area contributed by atoms with Crippen molar-refractivity contribution in [3.8, 4) is 0 Å². The van der Waals surface area contributed by atoms with Crippen molar-refractivity contribution in [3.63, 3.8) is 0 Å². The number of hydrogen-bond donors (Lipinski definition) is 1. The number of nitrogens with one attached hydrogen (secondary N) is 1. The maximum Gasteiger partial charge on any atom is 0.337 e. The van der Waals surface area contributed by atoms with Gasteiger partial charge in [0.2, 0.25) is 5.91 Å². The second-order valence-corrected chi connectivity index (χ2v) is 9.24. The number of hydrogen-bond acceptors (Lipinski definition) is 7. The molecule has 0 aliphatic carbocycles. The molecule has 1 atom stereocenters. The number of para-hydroxylation sites is 1. The lowest BCUT2D eigenvalue weighted by Crippen LogP contribution is -2.46. The van der Waals surface area contributed by atoms with E-state index < -0.39 is 34.7 Å². The molecule has 1 saturated heterocycles. The van der Waals surface area contributed by atoms with Gasteiger partial charge in [-0.25, -0.2) is 9.69 Å². The molecular formula is C29H24N4O7. The summed E-state index contributed by atoms with van der Waals surface area (Å²) in [5.41, 5.74) is 2.12. The molecule has 1 aliphatic heterocycles. The van der Waals surface area contributed by atoms with E-state index in [-0.39, 0.29) is 35.5 Å². The van der Waals surface area contributed by atoms with E-state index in [2.05, 4.69) is 4.98 Å². The highest BCUT2D eigenvalue weighted by molar-refractivity contribution is 6.23. The van der Waals surface area contributed by atoms with Crippen LogP contribution in [0.15, 0.2) is 79.0 Å². The number of nitro benzene ring substituents is 1. The summed E-state index contributed by atoms with van der Waals surface area (Å²) in [6.45, 7) is 0.0855. The Kier molecular flexibility index (Phi) is 7.11. The van der Waals surface area contributed by atoms with Crippen molar-refractivity contribution in [2.45, 2.75) is 18.9 Å². The number of ether oxygens (including phenoxy) is 1. The van der Waals surface area contributed by atoms with Crippen LogP contribution in [-0.2, 0) is 20.7 Å². The van der Waals surface area contributed by atoms with E-state index in [1.807, 2.05) is 30.5 Å². The molecule has 4 aromatic rings. The number of methoxy groups -OCH3 is 1. The third-order valence-electron chi connectivity index (χ3n) is 6.91. The lowest BCUT2D eigenvalue weighted by molar-refractivity contribution is -0.384. The summed E-state index contributed by atoms with van der Waals surface area (Å²) in [4.78, 5) is 68.4. The highest BCUT2D eigenvalue weighted by Crippen LogP contribution is 2.28. The van der Waals surface area contributed by atoms with Crippen molar-refractivity contribution in [3.05, 3.63) is 106 Å². The van der Waals surface area contributed by atoms with Crippen LogP contribution in [0.2, 0.25) is 0 Å². The average molecular weight is 541 g/mol. The predicted octanol–water partition coefficient (Wildman–Crippen LogP) is 3.88. The molecule has 0 bridgehead atoms. The van der Waals surface area contributed by atoms with E-state index in [0.29, 0.717) is 6.42 Å². The molecule has 11 heteroatoms. The number of anilines is 1. The smallest absolute Gasteiger partial charge is 0.337 e. The van der Waals surface area contributed by atoms with Crippen LogP contribution in [0.25, 0.3) is 10.9 Å². The SMILES string of the molecule is COC(=O)c1ccc(N2C(=O)CC(N(CCc3c[nH]c4ccccc34)C(=O)c3cccc([N+](=O)[O-])c3)C2=O)cc1. The number of nitrogens with zero attached hydrogens (tertiary/aromatic N) is 3. The van der Waals surface area contributed by atoms with E-state index in [9.17, 15) is 29.3 Å². The zero-order valence-electron chi connectivity index (χ0n) is 21.4. The molecule has 0 saturated carbocycles.